The number of aryl methyl sites for hydroxylation is 1. The Balaban J connectivity index is 2.18. The molecule has 0 bridgehead atoms. The number of aliphatic hydroxyl groups excluding tert-OH is 1. The number of nitrogens with zero attached hydrogens (tertiary/aromatic N) is 3. The Morgan fingerprint density at radius 1 is 1.26 bits per heavy atom. The van der Waals surface area contributed by atoms with Crippen LogP contribution in [-0.2, 0) is 13.1 Å². The van der Waals surface area contributed by atoms with Crippen molar-refractivity contribution < 1.29 is 5.11 Å². The van der Waals surface area contributed by atoms with Crippen molar-refractivity contribution in [2.75, 3.05) is 6.61 Å². The van der Waals surface area contributed by atoms with E-state index < -0.39 is 0 Å². The number of rotatable bonds is 10. The van der Waals surface area contributed by atoms with Gasteiger partial charge in [-0.25, -0.2) is 0 Å². The van der Waals surface area contributed by atoms with Crippen molar-refractivity contribution in [1.29, 1.82) is 0 Å². The first-order valence-corrected chi connectivity index (χ1v) is 7.35. The molecule has 0 aliphatic carbocycles. The van der Waals surface area contributed by atoms with Crippen LogP contribution >= 0.6 is 0 Å². The average molecular weight is 268 g/mol. The van der Waals surface area contributed by atoms with Crippen LogP contribution in [-0.4, -0.2) is 32.7 Å². The van der Waals surface area contributed by atoms with E-state index in [0.29, 0.717) is 6.04 Å². The average Bonchev–Trinajstić information content (AvgIpc) is 2.81. The van der Waals surface area contributed by atoms with Crippen LogP contribution in [0.2, 0.25) is 0 Å². The van der Waals surface area contributed by atoms with Crippen molar-refractivity contribution in [1.82, 2.24) is 20.3 Å². The number of aliphatic hydroxyl groups is 1. The second kappa shape index (κ2) is 9.04. The zero-order valence-corrected chi connectivity index (χ0v) is 12.5. The number of hydrogen-bond donors (Lipinski definition) is 2. The molecule has 1 unspecified atom stereocenters. The van der Waals surface area contributed by atoms with Gasteiger partial charge in [-0.1, -0.05) is 31.9 Å². The van der Waals surface area contributed by atoms with E-state index in [0.717, 1.165) is 31.1 Å². The van der Waals surface area contributed by atoms with Crippen molar-refractivity contribution in [2.24, 2.45) is 5.92 Å². The summed E-state index contributed by atoms with van der Waals surface area (Å²) >= 11 is 0. The predicted octanol–water partition coefficient (Wildman–Crippen LogP) is 1.96. The molecule has 0 aliphatic rings. The molecule has 1 heterocycles. The first kappa shape index (κ1) is 16.1. The highest BCUT2D eigenvalue weighted by Crippen LogP contribution is 2.08. The fraction of sp³-hybridized carbons (Fsp3) is 0.857. The number of hydrogen-bond acceptors (Lipinski definition) is 4. The van der Waals surface area contributed by atoms with Crippen LogP contribution in [0, 0.1) is 5.92 Å². The van der Waals surface area contributed by atoms with Crippen LogP contribution in [0.15, 0.2) is 6.20 Å². The van der Waals surface area contributed by atoms with Gasteiger partial charge in [-0.05, 0) is 25.7 Å². The van der Waals surface area contributed by atoms with E-state index in [4.69, 9.17) is 5.11 Å². The molecule has 0 radical (unpaired) electrons. The number of aromatic nitrogens is 3. The normalized spacial score (nSPS) is 13.1. The summed E-state index contributed by atoms with van der Waals surface area (Å²) in [6.45, 7) is 8.44. The highest BCUT2D eigenvalue weighted by Gasteiger charge is 2.05. The minimum Gasteiger partial charge on any atom is -0.396 e. The first-order valence-electron chi connectivity index (χ1n) is 7.35. The largest absolute Gasteiger partial charge is 0.396 e. The van der Waals surface area contributed by atoms with Crippen LogP contribution in [0.1, 0.15) is 52.1 Å². The Morgan fingerprint density at radius 2 is 2.05 bits per heavy atom. The van der Waals surface area contributed by atoms with Gasteiger partial charge in [-0.2, -0.15) is 0 Å². The van der Waals surface area contributed by atoms with E-state index >= 15 is 0 Å². The lowest BCUT2D eigenvalue weighted by Gasteiger charge is -2.13. The van der Waals surface area contributed by atoms with E-state index in [1.807, 2.05) is 6.20 Å². The molecule has 1 atom stereocenters. The Hall–Kier alpha value is -0.940. The van der Waals surface area contributed by atoms with Crippen LogP contribution in [0.4, 0.5) is 0 Å². The molecule has 0 saturated heterocycles. The molecule has 1 rings (SSSR count). The fourth-order valence-corrected chi connectivity index (χ4v) is 1.97. The van der Waals surface area contributed by atoms with Crippen LogP contribution in [0.25, 0.3) is 0 Å². The van der Waals surface area contributed by atoms with Gasteiger partial charge in [0.2, 0.25) is 0 Å². The van der Waals surface area contributed by atoms with Gasteiger partial charge in [0.05, 0.1) is 5.69 Å². The molecule has 0 amide bonds. The third-order valence-electron chi connectivity index (χ3n) is 3.18. The first-order chi connectivity index (χ1) is 9.11. The monoisotopic (exact) mass is 268 g/mol. The summed E-state index contributed by atoms with van der Waals surface area (Å²) in [7, 11) is 0. The third-order valence-corrected chi connectivity index (χ3v) is 3.18. The van der Waals surface area contributed by atoms with Gasteiger partial charge in [-0.3, -0.25) is 4.68 Å². The molecular formula is C14H28N4O. The molecule has 2 N–H and O–H groups in total. The lowest BCUT2D eigenvalue weighted by molar-refractivity contribution is 0.276. The molecule has 0 aliphatic heterocycles. The van der Waals surface area contributed by atoms with Crippen molar-refractivity contribution >= 4 is 0 Å². The zero-order valence-electron chi connectivity index (χ0n) is 12.5. The molecule has 1 aromatic rings. The Morgan fingerprint density at radius 3 is 2.74 bits per heavy atom. The highest BCUT2D eigenvalue weighted by atomic mass is 16.3. The molecule has 19 heavy (non-hydrogen) atoms. The Bertz CT molecular complexity index is 338. The molecule has 5 heteroatoms. The van der Waals surface area contributed by atoms with Crippen LogP contribution in [0.3, 0.4) is 0 Å². The maximum atomic E-state index is 8.76. The minimum atomic E-state index is 0.195. The molecule has 5 nitrogen and oxygen atoms in total. The molecule has 0 spiro atoms. The van der Waals surface area contributed by atoms with Crippen molar-refractivity contribution in [3.05, 3.63) is 11.9 Å². The quantitative estimate of drug-likeness (QED) is 0.681. The molecule has 0 fully saturated rings. The van der Waals surface area contributed by atoms with E-state index in [2.05, 4.69) is 36.4 Å². The summed E-state index contributed by atoms with van der Waals surface area (Å²) in [6, 6.07) is 0.515. The minimum absolute atomic E-state index is 0.195. The van der Waals surface area contributed by atoms with Gasteiger partial charge in [0.25, 0.3) is 0 Å². The second-order valence-corrected chi connectivity index (χ2v) is 5.66. The second-order valence-electron chi connectivity index (χ2n) is 5.66. The lowest BCUT2D eigenvalue weighted by Crippen LogP contribution is -2.25. The molecular weight excluding hydrogens is 240 g/mol. The van der Waals surface area contributed by atoms with Crippen molar-refractivity contribution in [2.45, 2.75) is 65.6 Å². The fourth-order valence-electron chi connectivity index (χ4n) is 1.97. The van der Waals surface area contributed by atoms with E-state index in [1.165, 1.54) is 19.3 Å². The molecule has 1 aromatic heterocycles. The SMILES string of the molecule is CC(C)CCCC(C)NCc1cn(CCCO)nn1. The van der Waals surface area contributed by atoms with Gasteiger partial charge in [0.1, 0.15) is 0 Å². The number of nitrogens with one attached hydrogen (secondary N) is 1. The van der Waals surface area contributed by atoms with E-state index in [1.54, 1.807) is 4.68 Å². The lowest BCUT2D eigenvalue weighted by atomic mass is 10.0. The summed E-state index contributed by atoms with van der Waals surface area (Å²) in [6.07, 6.45) is 6.44. The van der Waals surface area contributed by atoms with Gasteiger partial charge < -0.3 is 10.4 Å². The van der Waals surface area contributed by atoms with Crippen molar-refractivity contribution in [3.63, 3.8) is 0 Å². The van der Waals surface area contributed by atoms with Gasteiger partial charge in [0.15, 0.2) is 0 Å². The van der Waals surface area contributed by atoms with Gasteiger partial charge in [-0.15, -0.1) is 5.10 Å². The molecule has 0 aromatic carbocycles. The van der Waals surface area contributed by atoms with Crippen LogP contribution < -0.4 is 5.32 Å². The van der Waals surface area contributed by atoms with Gasteiger partial charge in [0, 0.05) is 31.9 Å². The maximum absolute atomic E-state index is 8.76. The van der Waals surface area contributed by atoms with Crippen LogP contribution in [0.5, 0.6) is 0 Å². The topological polar surface area (TPSA) is 63.0 Å². The predicted molar refractivity (Wildman–Crippen MR) is 76.7 cm³/mol. The summed E-state index contributed by atoms with van der Waals surface area (Å²) in [5.74, 6) is 0.790. The Kier molecular flexibility index (Phi) is 7.67. The van der Waals surface area contributed by atoms with Crippen molar-refractivity contribution in [3.8, 4) is 0 Å². The smallest absolute Gasteiger partial charge is 0.0964 e. The maximum Gasteiger partial charge on any atom is 0.0964 e. The third kappa shape index (κ3) is 7.28. The highest BCUT2D eigenvalue weighted by molar-refractivity contribution is 4.91. The Labute approximate surface area is 116 Å². The summed E-state index contributed by atoms with van der Waals surface area (Å²) in [4.78, 5) is 0. The standard InChI is InChI=1S/C14H28N4O/c1-12(2)6-4-7-13(3)15-10-14-11-18(17-16-14)8-5-9-19/h11-13,15,19H,4-10H2,1-3H3. The summed E-state index contributed by atoms with van der Waals surface area (Å²) in [5.41, 5.74) is 0.966. The van der Waals surface area contributed by atoms with E-state index in [9.17, 15) is 0 Å². The van der Waals surface area contributed by atoms with E-state index in [-0.39, 0.29) is 6.61 Å². The molecule has 0 saturated carbocycles. The van der Waals surface area contributed by atoms with Gasteiger partial charge >= 0.3 is 0 Å². The summed E-state index contributed by atoms with van der Waals surface area (Å²) in [5, 5.41) is 20.4. The molecule has 110 valence electrons. The zero-order chi connectivity index (χ0) is 14.1. The summed E-state index contributed by atoms with van der Waals surface area (Å²) < 4.78 is 1.79.